The monoisotopic (exact) mass is 180 g/mol. The van der Waals surface area contributed by atoms with Crippen LogP contribution in [0, 0.1) is 12.8 Å². The molecular weight excluding hydrogens is 164 g/mol. The molecule has 2 rings (SSSR count). The Hall–Kier alpha value is -0.900. The highest BCUT2D eigenvalue weighted by molar-refractivity contribution is 4.98. The van der Waals surface area contributed by atoms with Crippen LogP contribution in [-0.4, -0.2) is 28.4 Å². The Labute approximate surface area is 78.4 Å². The lowest BCUT2D eigenvalue weighted by Gasteiger charge is -2.23. The molecule has 0 aliphatic carbocycles. The van der Waals surface area contributed by atoms with Gasteiger partial charge in [0.25, 0.3) is 0 Å². The summed E-state index contributed by atoms with van der Waals surface area (Å²) in [5, 5.41) is 11.5. The zero-order valence-corrected chi connectivity index (χ0v) is 8.25. The van der Waals surface area contributed by atoms with Crippen LogP contribution >= 0.6 is 0 Å². The van der Waals surface area contributed by atoms with Crippen molar-refractivity contribution >= 4 is 0 Å². The average molecular weight is 180 g/mol. The molecule has 1 aromatic rings. The van der Waals surface area contributed by atoms with Crippen LogP contribution in [0.4, 0.5) is 0 Å². The number of nitrogens with zero attached hydrogens (tertiary/aromatic N) is 3. The fraction of sp³-hybridized carbons (Fsp3) is 0.778. The second kappa shape index (κ2) is 3.46. The normalized spacial score (nSPS) is 21.5. The fourth-order valence-corrected chi connectivity index (χ4v) is 1.99. The molecule has 0 radical (unpaired) electrons. The van der Waals surface area contributed by atoms with Gasteiger partial charge in [-0.3, -0.25) is 0 Å². The van der Waals surface area contributed by atoms with E-state index in [1.807, 2.05) is 14.0 Å². The number of hydrogen-bond acceptors (Lipinski definition) is 3. The van der Waals surface area contributed by atoms with Gasteiger partial charge in [0.1, 0.15) is 11.6 Å². The van der Waals surface area contributed by atoms with Crippen LogP contribution in [0.3, 0.4) is 0 Å². The molecule has 4 heteroatoms. The van der Waals surface area contributed by atoms with Crippen LogP contribution in [0.1, 0.15) is 18.1 Å². The standard InChI is InChI=1S/C9H16N4/c1-7-11-12-9-4-3-8(5-10-2)6-13(7)9/h8,10H,3-6H2,1-2H3/t8-/m0/s1. The van der Waals surface area contributed by atoms with Gasteiger partial charge in [0.05, 0.1) is 0 Å². The van der Waals surface area contributed by atoms with Crippen LogP contribution in [0.15, 0.2) is 0 Å². The zero-order chi connectivity index (χ0) is 9.26. The Kier molecular flexibility index (Phi) is 2.31. The van der Waals surface area contributed by atoms with Crippen LogP contribution in [0.5, 0.6) is 0 Å². The van der Waals surface area contributed by atoms with E-state index in [1.54, 1.807) is 0 Å². The number of aryl methyl sites for hydroxylation is 2. The molecule has 0 saturated heterocycles. The van der Waals surface area contributed by atoms with Crippen molar-refractivity contribution in [1.82, 2.24) is 20.1 Å². The van der Waals surface area contributed by atoms with Crippen LogP contribution in [0.25, 0.3) is 0 Å². The molecule has 0 saturated carbocycles. The summed E-state index contributed by atoms with van der Waals surface area (Å²) in [6.07, 6.45) is 2.31. The minimum Gasteiger partial charge on any atom is -0.319 e. The summed E-state index contributed by atoms with van der Waals surface area (Å²) < 4.78 is 2.24. The summed E-state index contributed by atoms with van der Waals surface area (Å²) >= 11 is 0. The SMILES string of the molecule is CNC[C@@H]1CCc2nnc(C)n2C1. The van der Waals surface area contributed by atoms with E-state index >= 15 is 0 Å². The molecular formula is C9H16N4. The molecule has 0 unspecified atom stereocenters. The second-order valence-electron chi connectivity index (χ2n) is 3.74. The molecule has 0 spiro atoms. The molecule has 72 valence electrons. The Morgan fingerprint density at radius 2 is 2.38 bits per heavy atom. The maximum Gasteiger partial charge on any atom is 0.133 e. The molecule has 0 aromatic carbocycles. The van der Waals surface area contributed by atoms with E-state index < -0.39 is 0 Å². The van der Waals surface area contributed by atoms with E-state index in [-0.39, 0.29) is 0 Å². The summed E-state index contributed by atoms with van der Waals surface area (Å²) in [6, 6.07) is 0. The number of aromatic nitrogens is 3. The van der Waals surface area contributed by atoms with Gasteiger partial charge in [0.2, 0.25) is 0 Å². The van der Waals surface area contributed by atoms with E-state index in [0.29, 0.717) is 0 Å². The molecule has 1 atom stereocenters. The summed E-state index contributed by atoms with van der Waals surface area (Å²) in [5.41, 5.74) is 0. The quantitative estimate of drug-likeness (QED) is 0.715. The fourth-order valence-electron chi connectivity index (χ4n) is 1.99. The maximum absolute atomic E-state index is 4.14. The molecule has 1 aromatic heterocycles. The van der Waals surface area contributed by atoms with Gasteiger partial charge in [0, 0.05) is 13.0 Å². The van der Waals surface area contributed by atoms with Crippen molar-refractivity contribution in [1.29, 1.82) is 0 Å². The molecule has 1 aliphatic rings. The van der Waals surface area contributed by atoms with Crippen LogP contribution in [0.2, 0.25) is 0 Å². The molecule has 13 heavy (non-hydrogen) atoms. The lowest BCUT2D eigenvalue weighted by atomic mass is 9.99. The summed E-state index contributed by atoms with van der Waals surface area (Å²) in [7, 11) is 2.01. The Morgan fingerprint density at radius 1 is 1.54 bits per heavy atom. The minimum absolute atomic E-state index is 0.743. The first kappa shape index (κ1) is 8.69. The summed E-state index contributed by atoms with van der Waals surface area (Å²) in [6.45, 7) is 4.20. The van der Waals surface area contributed by atoms with E-state index in [0.717, 1.165) is 37.1 Å². The first-order valence-electron chi connectivity index (χ1n) is 4.84. The number of nitrogens with one attached hydrogen (secondary N) is 1. The predicted molar refractivity (Wildman–Crippen MR) is 50.5 cm³/mol. The third kappa shape index (κ3) is 1.58. The third-order valence-electron chi connectivity index (χ3n) is 2.72. The minimum atomic E-state index is 0.743. The van der Waals surface area contributed by atoms with Crippen molar-refractivity contribution in [3.8, 4) is 0 Å². The van der Waals surface area contributed by atoms with Gasteiger partial charge in [-0.05, 0) is 32.9 Å². The highest BCUT2D eigenvalue weighted by Gasteiger charge is 2.20. The molecule has 0 fully saturated rings. The van der Waals surface area contributed by atoms with E-state index in [2.05, 4.69) is 20.1 Å². The highest BCUT2D eigenvalue weighted by atomic mass is 15.3. The first-order valence-corrected chi connectivity index (χ1v) is 4.84. The van der Waals surface area contributed by atoms with E-state index in [1.165, 1.54) is 6.42 Å². The topological polar surface area (TPSA) is 42.7 Å². The molecule has 1 N–H and O–H groups in total. The molecule has 0 bridgehead atoms. The van der Waals surface area contributed by atoms with Gasteiger partial charge in [-0.1, -0.05) is 0 Å². The lowest BCUT2D eigenvalue weighted by Crippen LogP contribution is -2.28. The largest absolute Gasteiger partial charge is 0.319 e. The molecule has 4 nitrogen and oxygen atoms in total. The Morgan fingerprint density at radius 3 is 3.15 bits per heavy atom. The zero-order valence-electron chi connectivity index (χ0n) is 8.25. The smallest absolute Gasteiger partial charge is 0.133 e. The van der Waals surface area contributed by atoms with Crippen molar-refractivity contribution in [2.45, 2.75) is 26.3 Å². The Bertz CT molecular complexity index is 292. The number of hydrogen-bond donors (Lipinski definition) is 1. The summed E-state index contributed by atoms with van der Waals surface area (Å²) in [5.74, 6) is 2.95. The van der Waals surface area contributed by atoms with Crippen molar-refractivity contribution in [2.75, 3.05) is 13.6 Å². The van der Waals surface area contributed by atoms with Crippen LogP contribution < -0.4 is 5.32 Å². The second-order valence-corrected chi connectivity index (χ2v) is 3.74. The van der Waals surface area contributed by atoms with Crippen LogP contribution in [-0.2, 0) is 13.0 Å². The maximum atomic E-state index is 4.14. The van der Waals surface area contributed by atoms with Gasteiger partial charge in [-0.15, -0.1) is 10.2 Å². The van der Waals surface area contributed by atoms with Crippen molar-refractivity contribution < 1.29 is 0 Å². The average Bonchev–Trinajstić information content (AvgIpc) is 2.49. The van der Waals surface area contributed by atoms with E-state index in [9.17, 15) is 0 Å². The number of fused-ring (bicyclic) bond motifs is 1. The van der Waals surface area contributed by atoms with Gasteiger partial charge >= 0.3 is 0 Å². The van der Waals surface area contributed by atoms with Crippen molar-refractivity contribution in [3.05, 3.63) is 11.6 Å². The highest BCUT2D eigenvalue weighted by Crippen LogP contribution is 2.18. The number of rotatable bonds is 2. The van der Waals surface area contributed by atoms with Crippen molar-refractivity contribution in [3.63, 3.8) is 0 Å². The Balaban J connectivity index is 2.13. The molecule has 2 heterocycles. The lowest BCUT2D eigenvalue weighted by molar-refractivity contribution is 0.352. The predicted octanol–water partition coefficient (Wildman–Crippen LogP) is 0.368. The molecule has 1 aliphatic heterocycles. The summed E-state index contributed by atoms with van der Waals surface area (Å²) in [4.78, 5) is 0. The van der Waals surface area contributed by atoms with Gasteiger partial charge in [0.15, 0.2) is 0 Å². The van der Waals surface area contributed by atoms with Gasteiger partial charge < -0.3 is 9.88 Å². The van der Waals surface area contributed by atoms with Gasteiger partial charge in [-0.2, -0.15) is 0 Å². The third-order valence-corrected chi connectivity index (χ3v) is 2.72. The van der Waals surface area contributed by atoms with Crippen molar-refractivity contribution in [2.24, 2.45) is 5.92 Å². The first-order chi connectivity index (χ1) is 6.31. The molecule has 0 amide bonds. The van der Waals surface area contributed by atoms with Gasteiger partial charge in [-0.25, -0.2) is 0 Å². The van der Waals surface area contributed by atoms with E-state index in [4.69, 9.17) is 0 Å².